The molecule has 1 aliphatic heterocycles. The number of benzene rings is 4. The van der Waals surface area contributed by atoms with Crippen molar-refractivity contribution in [1.29, 1.82) is 0 Å². The molecule has 1 fully saturated rings. The molecule has 200 valence electrons. The number of amides is 2. The van der Waals surface area contributed by atoms with E-state index in [-0.39, 0.29) is 17.9 Å². The van der Waals surface area contributed by atoms with Gasteiger partial charge in [0.1, 0.15) is 11.6 Å². The number of aromatic nitrogens is 1. The Morgan fingerprint density at radius 1 is 0.875 bits per heavy atom. The molecule has 0 bridgehead atoms. The molecule has 0 N–H and O–H groups in total. The monoisotopic (exact) mass is 615 g/mol. The number of hydrogen-bond acceptors (Lipinski definition) is 6. The molecule has 5 aromatic rings. The number of oxazole rings is 1. The van der Waals surface area contributed by atoms with Crippen molar-refractivity contribution >= 4 is 54.6 Å². The van der Waals surface area contributed by atoms with Crippen LogP contribution in [0, 0.1) is 0 Å². The van der Waals surface area contributed by atoms with Gasteiger partial charge in [0.25, 0.3) is 5.91 Å². The number of carbonyl (C=O) groups excluding carboxylic acids is 2. The Morgan fingerprint density at radius 2 is 1.55 bits per heavy atom. The van der Waals surface area contributed by atoms with Crippen LogP contribution in [0.5, 0.6) is 0 Å². The highest BCUT2D eigenvalue weighted by Crippen LogP contribution is 2.32. The molecule has 1 unspecified atom stereocenters. The Bertz CT molecular complexity index is 1790. The van der Waals surface area contributed by atoms with E-state index in [9.17, 15) is 18.0 Å². The van der Waals surface area contributed by atoms with Crippen LogP contribution in [0.2, 0.25) is 0 Å². The van der Waals surface area contributed by atoms with Gasteiger partial charge in [-0.1, -0.05) is 58.4 Å². The molecule has 8 nitrogen and oxygen atoms in total. The summed E-state index contributed by atoms with van der Waals surface area (Å²) in [4.78, 5) is 32.5. The van der Waals surface area contributed by atoms with Crippen LogP contribution in [0.4, 0.5) is 5.69 Å². The summed E-state index contributed by atoms with van der Waals surface area (Å²) in [6.45, 7) is -0.0621. The lowest BCUT2D eigenvalue weighted by Gasteiger charge is -2.27. The Labute approximate surface area is 239 Å². The minimum absolute atomic E-state index is 0.0352. The maximum Gasteiger partial charge on any atom is 0.252 e. The summed E-state index contributed by atoms with van der Waals surface area (Å²) in [6, 6.07) is 28.1. The largest absolute Gasteiger partial charge is 0.436 e. The highest BCUT2D eigenvalue weighted by Gasteiger charge is 2.47. The van der Waals surface area contributed by atoms with Crippen molar-refractivity contribution in [3.05, 3.63) is 113 Å². The first-order chi connectivity index (χ1) is 19.3. The molecule has 1 aliphatic rings. The second kappa shape index (κ2) is 10.5. The number of anilines is 1. The standard InChI is InChI=1S/C30H22BrN3O5S/c31-22-12-16-24(17-13-22)40(37,38)33(19-20-6-2-1-3-7-20)26-18-28(35)34(30(26)36)23-14-10-21(11-15-23)29-32-25-8-4-5-9-27(25)39-29/h1-17,26H,18-19H2. The third-order valence-electron chi connectivity index (χ3n) is 6.74. The van der Waals surface area contributed by atoms with Gasteiger partial charge in [0.15, 0.2) is 5.58 Å². The number of hydrogen-bond donors (Lipinski definition) is 0. The van der Waals surface area contributed by atoms with Crippen molar-refractivity contribution in [2.24, 2.45) is 0 Å². The van der Waals surface area contributed by atoms with E-state index < -0.39 is 27.9 Å². The lowest BCUT2D eigenvalue weighted by atomic mass is 10.2. The lowest BCUT2D eigenvalue weighted by Crippen LogP contribution is -2.45. The molecule has 2 amide bonds. The molecule has 0 aliphatic carbocycles. The summed E-state index contributed by atoms with van der Waals surface area (Å²) in [5.74, 6) is -0.663. The molecule has 10 heteroatoms. The normalized spacial score (nSPS) is 15.8. The van der Waals surface area contributed by atoms with Crippen LogP contribution in [0.25, 0.3) is 22.6 Å². The van der Waals surface area contributed by atoms with Crippen LogP contribution < -0.4 is 4.90 Å². The summed E-state index contributed by atoms with van der Waals surface area (Å²) < 4.78 is 35.3. The summed E-state index contributed by atoms with van der Waals surface area (Å²) in [6.07, 6.45) is -0.270. The van der Waals surface area contributed by atoms with Gasteiger partial charge < -0.3 is 4.42 Å². The number of carbonyl (C=O) groups is 2. The van der Waals surface area contributed by atoms with Gasteiger partial charge in [-0.3, -0.25) is 9.59 Å². The van der Waals surface area contributed by atoms with Gasteiger partial charge in [-0.2, -0.15) is 4.31 Å². The number of nitrogens with zero attached hydrogens (tertiary/aromatic N) is 3. The van der Waals surface area contributed by atoms with Crippen molar-refractivity contribution in [3.63, 3.8) is 0 Å². The van der Waals surface area contributed by atoms with Gasteiger partial charge in [-0.25, -0.2) is 18.3 Å². The molecule has 1 aromatic heterocycles. The fourth-order valence-corrected chi connectivity index (χ4v) is 6.56. The summed E-state index contributed by atoms with van der Waals surface area (Å²) in [5.41, 5.74) is 3.10. The zero-order chi connectivity index (χ0) is 27.9. The predicted molar refractivity (Wildman–Crippen MR) is 154 cm³/mol. The zero-order valence-corrected chi connectivity index (χ0v) is 23.4. The van der Waals surface area contributed by atoms with E-state index in [0.29, 0.717) is 28.3 Å². The van der Waals surface area contributed by atoms with Gasteiger partial charge >= 0.3 is 0 Å². The van der Waals surface area contributed by atoms with E-state index in [2.05, 4.69) is 20.9 Å². The van der Waals surface area contributed by atoms with Crippen LogP contribution in [0.3, 0.4) is 0 Å². The Kier molecular flexibility index (Phi) is 6.83. The first-order valence-electron chi connectivity index (χ1n) is 12.5. The van der Waals surface area contributed by atoms with Crippen molar-refractivity contribution in [2.75, 3.05) is 4.90 Å². The summed E-state index contributed by atoms with van der Waals surface area (Å²) in [5, 5.41) is 0. The molecule has 40 heavy (non-hydrogen) atoms. The Morgan fingerprint density at radius 3 is 2.25 bits per heavy atom. The van der Waals surface area contributed by atoms with Gasteiger partial charge in [0.2, 0.25) is 21.8 Å². The molecule has 6 rings (SSSR count). The fourth-order valence-electron chi connectivity index (χ4n) is 4.73. The number of imide groups is 1. The SMILES string of the molecule is O=C1CC(N(Cc2ccccc2)S(=O)(=O)c2ccc(Br)cc2)C(=O)N1c1ccc(-c2nc3ccccc3o2)cc1. The fraction of sp³-hybridized carbons (Fsp3) is 0.100. The first kappa shape index (κ1) is 26.1. The molecule has 0 radical (unpaired) electrons. The first-order valence-corrected chi connectivity index (χ1v) is 14.7. The lowest BCUT2D eigenvalue weighted by molar-refractivity contribution is -0.122. The van der Waals surface area contributed by atoms with Crippen LogP contribution in [-0.2, 0) is 26.2 Å². The van der Waals surface area contributed by atoms with Crippen molar-refractivity contribution in [3.8, 4) is 11.5 Å². The minimum Gasteiger partial charge on any atom is -0.436 e. The molecule has 0 saturated carbocycles. The quantitative estimate of drug-likeness (QED) is 0.215. The number of halogens is 1. The number of para-hydroxylation sites is 2. The van der Waals surface area contributed by atoms with Crippen LogP contribution in [0.1, 0.15) is 12.0 Å². The van der Waals surface area contributed by atoms with Gasteiger partial charge in [0, 0.05) is 16.6 Å². The van der Waals surface area contributed by atoms with E-state index in [1.807, 2.05) is 30.3 Å². The van der Waals surface area contributed by atoms with E-state index in [0.717, 1.165) is 19.2 Å². The Hall–Kier alpha value is -4.12. The van der Waals surface area contributed by atoms with E-state index >= 15 is 0 Å². The van der Waals surface area contributed by atoms with Crippen LogP contribution >= 0.6 is 15.9 Å². The maximum absolute atomic E-state index is 13.8. The molecule has 4 aromatic carbocycles. The molecule has 0 spiro atoms. The van der Waals surface area contributed by atoms with Gasteiger partial charge in [-0.05, 0) is 66.2 Å². The van der Waals surface area contributed by atoms with E-state index in [1.54, 1.807) is 60.7 Å². The second-order valence-electron chi connectivity index (χ2n) is 9.31. The number of fused-ring (bicyclic) bond motifs is 1. The average molecular weight is 616 g/mol. The van der Waals surface area contributed by atoms with Crippen LogP contribution in [0.15, 0.2) is 117 Å². The zero-order valence-electron chi connectivity index (χ0n) is 21.0. The smallest absolute Gasteiger partial charge is 0.252 e. The van der Waals surface area contributed by atoms with Gasteiger partial charge in [0.05, 0.1) is 17.0 Å². The second-order valence-corrected chi connectivity index (χ2v) is 12.1. The van der Waals surface area contributed by atoms with Gasteiger partial charge in [-0.15, -0.1) is 0 Å². The predicted octanol–water partition coefficient (Wildman–Crippen LogP) is 5.78. The minimum atomic E-state index is -4.12. The topological polar surface area (TPSA) is 101 Å². The van der Waals surface area contributed by atoms with Crippen molar-refractivity contribution in [1.82, 2.24) is 9.29 Å². The van der Waals surface area contributed by atoms with E-state index in [4.69, 9.17) is 4.42 Å². The Balaban J connectivity index is 1.32. The highest BCUT2D eigenvalue weighted by molar-refractivity contribution is 9.10. The molecule has 1 saturated heterocycles. The number of rotatable bonds is 7. The van der Waals surface area contributed by atoms with Crippen molar-refractivity contribution < 1.29 is 22.4 Å². The summed E-state index contributed by atoms with van der Waals surface area (Å²) >= 11 is 3.33. The average Bonchev–Trinajstić information content (AvgIpc) is 3.53. The molecule has 2 heterocycles. The number of sulfonamides is 1. The van der Waals surface area contributed by atoms with E-state index in [1.165, 1.54) is 12.1 Å². The maximum atomic E-state index is 13.8. The van der Waals surface area contributed by atoms with Crippen LogP contribution in [-0.4, -0.2) is 35.6 Å². The molecular formula is C30H22BrN3O5S. The molecule has 1 atom stereocenters. The molecular weight excluding hydrogens is 594 g/mol. The highest BCUT2D eigenvalue weighted by atomic mass is 79.9. The third kappa shape index (κ3) is 4.85. The third-order valence-corrected chi connectivity index (χ3v) is 9.14. The van der Waals surface area contributed by atoms with Crippen molar-refractivity contribution in [2.45, 2.75) is 23.9 Å². The summed E-state index contributed by atoms with van der Waals surface area (Å²) in [7, 11) is -4.12.